The van der Waals surface area contributed by atoms with Gasteiger partial charge in [-0.3, -0.25) is 0 Å². The van der Waals surface area contributed by atoms with E-state index in [9.17, 15) is 0 Å². The summed E-state index contributed by atoms with van der Waals surface area (Å²) in [4.78, 5) is 4.10. The standard InChI is InChI=1S/C11H16ClNO3/c1-14-5-6-15-7-8-16-9-10-3-2-4-11(12)13-10/h2-4H,5-9H2,1H3. The van der Waals surface area contributed by atoms with Crippen LogP contribution in [-0.4, -0.2) is 38.5 Å². The molecule has 1 aromatic rings. The highest BCUT2D eigenvalue weighted by Crippen LogP contribution is 2.05. The molecule has 0 fully saturated rings. The summed E-state index contributed by atoms with van der Waals surface area (Å²) in [5, 5.41) is 0.484. The van der Waals surface area contributed by atoms with Gasteiger partial charge in [-0.15, -0.1) is 0 Å². The Morgan fingerprint density at radius 3 is 2.62 bits per heavy atom. The SMILES string of the molecule is COCCOCCOCc1cccc(Cl)n1. The summed E-state index contributed by atoms with van der Waals surface area (Å²) < 4.78 is 15.4. The van der Waals surface area contributed by atoms with Crippen molar-refractivity contribution in [1.82, 2.24) is 4.98 Å². The van der Waals surface area contributed by atoms with E-state index in [-0.39, 0.29) is 0 Å². The maximum atomic E-state index is 5.74. The lowest BCUT2D eigenvalue weighted by Gasteiger charge is -2.05. The summed E-state index contributed by atoms with van der Waals surface area (Å²) in [5.74, 6) is 0. The molecule has 0 aliphatic carbocycles. The zero-order valence-electron chi connectivity index (χ0n) is 9.32. The second kappa shape index (κ2) is 8.47. The van der Waals surface area contributed by atoms with Crippen LogP contribution in [0.1, 0.15) is 5.69 Å². The summed E-state index contributed by atoms with van der Waals surface area (Å²) in [7, 11) is 1.64. The number of hydrogen-bond donors (Lipinski definition) is 0. The maximum absolute atomic E-state index is 5.74. The third-order valence-electron chi connectivity index (χ3n) is 1.83. The second-order valence-electron chi connectivity index (χ2n) is 3.11. The summed E-state index contributed by atoms with van der Waals surface area (Å²) in [6, 6.07) is 5.46. The van der Waals surface area contributed by atoms with Crippen molar-refractivity contribution in [2.45, 2.75) is 6.61 Å². The van der Waals surface area contributed by atoms with Crippen LogP contribution in [0, 0.1) is 0 Å². The van der Waals surface area contributed by atoms with Crippen molar-refractivity contribution in [2.24, 2.45) is 0 Å². The van der Waals surface area contributed by atoms with Crippen molar-refractivity contribution >= 4 is 11.6 Å². The van der Waals surface area contributed by atoms with Gasteiger partial charge in [-0.2, -0.15) is 0 Å². The van der Waals surface area contributed by atoms with Gasteiger partial charge in [-0.25, -0.2) is 4.98 Å². The minimum absolute atomic E-state index is 0.453. The third-order valence-corrected chi connectivity index (χ3v) is 2.04. The van der Waals surface area contributed by atoms with E-state index in [1.54, 1.807) is 13.2 Å². The van der Waals surface area contributed by atoms with Gasteiger partial charge in [-0.05, 0) is 12.1 Å². The van der Waals surface area contributed by atoms with Crippen molar-refractivity contribution in [3.63, 3.8) is 0 Å². The molecule has 0 spiro atoms. The van der Waals surface area contributed by atoms with E-state index in [0.717, 1.165) is 5.69 Å². The highest BCUT2D eigenvalue weighted by molar-refractivity contribution is 6.29. The van der Waals surface area contributed by atoms with Crippen molar-refractivity contribution < 1.29 is 14.2 Å². The van der Waals surface area contributed by atoms with Gasteiger partial charge in [-0.1, -0.05) is 17.7 Å². The first kappa shape index (κ1) is 13.4. The molecule has 0 aromatic carbocycles. The third kappa shape index (κ3) is 6.02. The van der Waals surface area contributed by atoms with Crippen LogP contribution in [0.25, 0.3) is 0 Å². The highest BCUT2D eigenvalue weighted by Gasteiger charge is 1.96. The molecule has 90 valence electrons. The number of halogens is 1. The number of ether oxygens (including phenoxy) is 3. The van der Waals surface area contributed by atoms with Gasteiger partial charge in [0.15, 0.2) is 0 Å². The number of hydrogen-bond acceptors (Lipinski definition) is 4. The monoisotopic (exact) mass is 245 g/mol. The van der Waals surface area contributed by atoms with Crippen LogP contribution in [0.3, 0.4) is 0 Å². The molecule has 0 atom stereocenters. The van der Waals surface area contributed by atoms with Gasteiger partial charge in [0.2, 0.25) is 0 Å². The van der Waals surface area contributed by atoms with Crippen LogP contribution in [0.15, 0.2) is 18.2 Å². The van der Waals surface area contributed by atoms with E-state index >= 15 is 0 Å². The van der Waals surface area contributed by atoms with Crippen LogP contribution < -0.4 is 0 Å². The summed E-state index contributed by atoms with van der Waals surface area (Å²) >= 11 is 5.74. The van der Waals surface area contributed by atoms with Gasteiger partial charge in [0, 0.05) is 7.11 Å². The number of aromatic nitrogens is 1. The van der Waals surface area contributed by atoms with Crippen molar-refractivity contribution in [1.29, 1.82) is 0 Å². The second-order valence-corrected chi connectivity index (χ2v) is 3.50. The summed E-state index contributed by atoms with van der Waals surface area (Å²) in [6.07, 6.45) is 0. The molecule has 0 bridgehead atoms. The Morgan fingerprint density at radius 1 is 1.12 bits per heavy atom. The zero-order chi connectivity index (χ0) is 11.6. The molecule has 0 saturated carbocycles. The molecular formula is C11H16ClNO3. The van der Waals surface area contributed by atoms with E-state index < -0.39 is 0 Å². The first-order chi connectivity index (χ1) is 7.83. The predicted octanol–water partition coefficient (Wildman–Crippen LogP) is 1.91. The molecule has 0 saturated heterocycles. The van der Waals surface area contributed by atoms with E-state index in [4.69, 9.17) is 25.8 Å². The van der Waals surface area contributed by atoms with Gasteiger partial charge < -0.3 is 14.2 Å². The molecule has 1 aromatic heterocycles. The van der Waals surface area contributed by atoms with Crippen LogP contribution in [0.5, 0.6) is 0 Å². The average Bonchev–Trinajstić information content (AvgIpc) is 2.28. The molecular weight excluding hydrogens is 230 g/mol. The van der Waals surface area contributed by atoms with E-state index in [1.807, 2.05) is 12.1 Å². The van der Waals surface area contributed by atoms with E-state index in [1.165, 1.54) is 0 Å². The lowest BCUT2D eigenvalue weighted by atomic mass is 10.4. The molecule has 0 unspecified atom stereocenters. The zero-order valence-corrected chi connectivity index (χ0v) is 10.1. The van der Waals surface area contributed by atoms with Crippen molar-refractivity contribution in [2.75, 3.05) is 33.5 Å². The Balaban J connectivity index is 2.03. The van der Waals surface area contributed by atoms with Crippen LogP contribution in [0.2, 0.25) is 5.15 Å². The van der Waals surface area contributed by atoms with Gasteiger partial charge in [0.1, 0.15) is 5.15 Å². The molecule has 1 rings (SSSR count). The molecule has 1 heterocycles. The van der Waals surface area contributed by atoms with Crippen LogP contribution in [0.4, 0.5) is 0 Å². The molecule has 0 aliphatic heterocycles. The molecule has 0 radical (unpaired) electrons. The minimum atomic E-state index is 0.453. The fourth-order valence-electron chi connectivity index (χ4n) is 1.07. The van der Waals surface area contributed by atoms with E-state index in [0.29, 0.717) is 38.2 Å². The number of pyridine rings is 1. The lowest BCUT2D eigenvalue weighted by Crippen LogP contribution is -2.08. The summed E-state index contributed by atoms with van der Waals surface area (Å²) in [5.41, 5.74) is 0.824. The largest absolute Gasteiger partial charge is 0.382 e. The van der Waals surface area contributed by atoms with Crippen molar-refractivity contribution in [3.05, 3.63) is 29.0 Å². The number of rotatable bonds is 8. The average molecular weight is 246 g/mol. The smallest absolute Gasteiger partial charge is 0.129 e. The Bertz CT molecular complexity index is 296. The normalized spacial score (nSPS) is 10.6. The Labute approximate surface area is 100 Å². The topological polar surface area (TPSA) is 40.6 Å². The van der Waals surface area contributed by atoms with Crippen LogP contribution in [-0.2, 0) is 20.8 Å². The first-order valence-electron chi connectivity index (χ1n) is 5.09. The van der Waals surface area contributed by atoms with E-state index in [2.05, 4.69) is 4.98 Å². The minimum Gasteiger partial charge on any atom is -0.382 e. The number of nitrogens with zero attached hydrogens (tertiary/aromatic N) is 1. The van der Waals surface area contributed by atoms with Crippen molar-refractivity contribution in [3.8, 4) is 0 Å². The van der Waals surface area contributed by atoms with Gasteiger partial charge >= 0.3 is 0 Å². The fraction of sp³-hybridized carbons (Fsp3) is 0.545. The molecule has 0 amide bonds. The molecule has 4 nitrogen and oxygen atoms in total. The maximum Gasteiger partial charge on any atom is 0.129 e. The lowest BCUT2D eigenvalue weighted by molar-refractivity contribution is 0.0192. The fourth-order valence-corrected chi connectivity index (χ4v) is 1.25. The molecule has 5 heteroatoms. The first-order valence-corrected chi connectivity index (χ1v) is 5.46. The Hall–Kier alpha value is -0.680. The molecule has 16 heavy (non-hydrogen) atoms. The van der Waals surface area contributed by atoms with Crippen LogP contribution >= 0.6 is 11.6 Å². The van der Waals surface area contributed by atoms with Gasteiger partial charge in [0.25, 0.3) is 0 Å². The van der Waals surface area contributed by atoms with Gasteiger partial charge in [0.05, 0.1) is 38.7 Å². The predicted molar refractivity (Wildman–Crippen MR) is 61.6 cm³/mol. The summed E-state index contributed by atoms with van der Waals surface area (Å²) in [6.45, 7) is 2.75. The quantitative estimate of drug-likeness (QED) is 0.518. The molecule has 0 N–H and O–H groups in total. The highest BCUT2D eigenvalue weighted by atomic mass is 35.5. The number of methoxy groups -OCH3 is 1. The Kier molecular flexibility index (Phi) is 7.09. The molecule has 0 aliphatic rings. The Morgan fingerprint density at radius 2 is 1.88 bits per heavy atom.